The number of ether oxygens (including phenoxy) is 2. The molecule has 1 heterocycles. The normalized spacial score (nSPS) is 13.0. The predicted octanol–water partition coefficient (Wildman–Crippen LogP) is 3.23. The Bertz CT molecular complexity index is 628. The van der Waals surface area contributed by atoms with E-state index in [1.807, 2.05) is 0 Å². The lowest BCUT2D eigenvalue weighted by Gasteiger charge is -2.13. The fourth-order valence-electron chi connectivity index (χ4n) is 1.77. The zero-order chi connectivity index (χ0) is 15.6. The molecule has 4 nitrogen and oxygen atoms in total. The molecule has 0 aliphatic carbocycles. The molecule has 1 atom stereocenters. The molecule has 114 valence electrons. The number of hydrogen-bond acceptors (Lipinski definition) is 5. The highest BCUT2D eigenvalue weighted by molar-refractivity contribution is 7.11. The van der Waals surface area contributed by atoms with Crippen molar-refractivity contribution in [2.24, 2.45) is 5.73 Å². The first-order chi connectivity index (χ1) is 9.86. The van der Waals surface area contributed by atoms with Crippen LogP contribution in [-0.4, -0.2) is 19.2 Å². The molecular weight excluding hydrogens is 305 g/mol. The van der Waals surface area contributed by atoms with Gasteiger partial charge in [-0.2, -0.15) is 13.2 Å². The summed E-state index contributed by atoms with van der Waals surface area (Å²) in [6.45, 7) is 0. The SMILES string of the molecule is COc1ccc(C(N)c2cnc(C(F)(F)F)s2)cc1OC. The summed E-state index contributed by atoms with van der Waals surface area (Å²) >= 11 is 0.533. The Kier molecular flexibility index (Phi) is 4.38. The highest BCUT2D eigenvalue weighted by atomic mass is 32.1. The molecule has 0 saturated carbocycles. The van der Waals surface area contributed by atoms with E-state index >= 15 is 0 Å². The topological polar surface area (TPSA) is 57.4 Å². The second kappa shape index (κ2) is 5.90. The van der Waals surface area contributed by atoms with Crippen molar-refractivity contribution < 1.29 is 22.6 Å². The molecule has 0 aliphatic heterocycles. The number of methoxy groups -OCH3 is 2. The van der Waals surface area contributed by atoms with Gasteiger partial charge < -0.3 is 15.2 Å². The first-order valence-electron chi connectivity index (χ1n) is 5.87. The third-order valence-electron chi connectivity index (χ3n) is 2.84. The zero-order valence-electron chi connectivity index (χ0n) is 11.3. The molecule has 0 amide bonds. The molecule has 1 aromatic heterocycles. The van der Waals surface area contributed by atoms with Crippen LogP contribution in [0.25, 0.3) is 0 Å². The van der Waals surface area contributed by atoms with Crippen molar-refractivity contribution >= 4 is 11.3 Å². The van der Waals surface area contributed by atoms with Crippen LogP contribution in [0.4, 0.5) is 13.2 Å². The smallest absolute Gasteiger partial charge is 0.443 e. The number of aromatic nitrogens is 1. The van der Waals surface area contributed by atoms with Crippen molar-refractivity contribution in [3.63, 3.8) is 0 Å². The highest BCUT2D eigenvalue weighted by Crippen LogP contribution is 2.37. The van der Waals surface area contributed by atoms with Crippen LogP contribution in [-0.2, 0) is 6.18 Å². The Hall–Kier alpha value is -1.80. The minimum absolute atomic E-state index is 0.328. The van der Waals surface area contributed by atoms with Gasteiger partial charge in [-0.3, -0.25) is 0 Å². The minimum atomic E-state index is -4.46. The third kappa shape index (κ3) is 3.27. The van der Waals surface area contributed by atoms with Crippen LogP contribution < -0.4 is 15.2 Å². The second-order valence-electron chi connectivity index (χ2n) is 4.16. The number of nitrogens with zero attached hydrogens (tertiary/aromatic N) is 1. The van der Waals surface area contributed by atoms with E-state index in [9.17, 15) is 13.2 Å². The number of thiazole rings is 1. The van der Waals surface area contributed by atoms with E-state index in [4.69, 9.17) is 15.2 Å². The molecule has 1 aromatic carbocycles. The number of benzene rings is 1. The van der Waals surface area contributed by atoms with Gasteiger partial charge in [-0.05, 0) is 17.7 Å². The Morgan fingerprint density at radius 1 is 1.19 bits per heavy atom. The van der Waals surface area contributed by atoms with E-state index in [-0.39, 0.29) is 0 Å². The number of rotatable bonds is 4. The van der Waals surface area contributed by atoms with Crippen molar-refractivity contribution in [2.75, 3.05) is 14.2 Å². The molecule has 2 rings (SSSR count). The van der Waals surface area contributed by atoms with Gasteiger partial charge in [0.25, 0.3) is 0 Å². The summed E-state index contributed by atoms with van der Waals surface area (Å²) < 4.78 is 47.9. The monoisotopic (exact) mass is 318 g/mol. The molecule has 8 heteroatoms. The lowest BCUT2D eigenvalue weighted by molar-refractivity contribution is -0.137. The molecule has 2 N–H and O–H groups in total. The van der Waals surface area contributed by atoms with Crippen molar-refractivity contribution in [3.8, 4) is 11.5 Å². The molecule has 0 spiro atoms. The van der Waals surface area contributed by atoms with Gasteiger partial charge in [-0.1, -0.05) is 6.07 Å². The van der Waals surface area contributed by atoms with Crippen molar-refractivity contribution in [1.29, 1.82) is 0 Å². The van der Waals surface area contributed by atoms with Gasteiger partial charge in [0, 0.05) is 11.1 Å². The zero-order valence-corrected chi connectivity index (χ0v) is 12.1. The fraction of sp³-hybridized carbons (Fsp3) is 0.308. The highest BCUT2D eigenvalue weighted by Gasteiger charge is 2.35. The van der Waals surface area contributed by atoms with Crippen molar-refractivity contribution in [1.82, 2.24) is 4.98 Å². The van der Waals surface area contributed by atoms with Crippen LogP contribution in [0.1, 0.15) is 21.5 Å². The predicted molar refractivity (Wildman–Crippen MR) is 72.7 cm³/mol. The average Bonchev–Trinajstić information content (AvgIpc) is 2.95. The summed E-state index contributed by atoms with van der Waals surface area (Å²) in [6.07, 6.45) is -3.31. The standard InChI is InChI=1S/C13H13F3N2O2S/c1-19-8-4-3-7(5-9(8)20-2)11(17)10-6-18-12(21-10)13(14,15)16/h3-6,11H,17H2,1-2H3. The first-order valence-corrected chi connectivity index (χ1v) is 6.69. The molecule has 2 aromatic rings. The van der Waals surface area contributed by atoms with E-state index in [0.29, 0.717) is 33.3 Å². The maximum atomic E-state index is 12.6. The molecule has 21 heavy (non-hydrogen) atoms. The molecule has 0 bridgehead atoms. The van der Waals surface area contributed by atoms with Gasteiger partial charge in [0.2, 0.25) is 0 Å². The van der Waals surface area contributed by atoms with E-state index in [1.165, 1.54) is 14.2 Å². The number of halogens is 3. The molecule has 0 saturated heterocycles. The summed E-state index contributed by atoms with van der Waals surface area (Å²) in [6, 6.07) is 4.26. The van der Waals surface area contributed by atoms with Crippen LogP contribution >= 0.6 is 11.3 Å². The summed E-state index contributed by atoms with van der Waals surface area (Å²) in [5.74, 6) is 0.986. The molecule has 1 unspecified atom stereocenters. The number of hydrogen-bond donors (Lipinski definition) is 1. The van der Waals surface area contributed by atoms with Gasteiger partial charge >= 0.3 is 6.18 Å². The number of alkyl halides is 3. The summed E-state index contributed by atoms with van der Waals surface area (Å²) in [5, 5.41) is -0.909. The molecule has 0 radical (unpaired) electrons. The van der Waals surface area contributed by atoms with Crippen LogP contribution in [0.5, 0.6) is 11.5 Å². The summed E-state index contributed by atoms with van der Waals surface area (Å²) in [5.41, 5.74) is 6.61. The minimum Gasteiger partial charge on any atom is -0.493 e. The lowest BCUT2D eigenvalue weighted by Crippen LogP contribution is -2.10. The van der Waals surface area contributed by atoms with E-state index in [2.05, 4.69) is 4.98 Å². The van der Waals surface area contributed by atoms with Gasteiger partial charge in [-0.15, -0.1) is 11.3 Å². The van der Waals surface area contributed by atoms with Gasteiger partial charge in [-0.25, -0.2) is 4.98 Å². The molecule has 0 aliphatic rings. The molecular formula is C13H13F3N2O2S. The van der Waals surface area contributed by atoms with E-state index in [1.54, 1.807) is 18.2 Å². The largest absolute Gasteiger partial charge is 0.493 e. The second-order valence-corrected chi connectivity index (χ2v) is 5.22. The van der Waals surface area contributed by atoms with Crippen molar-refractivity contribution in [3.05, 3.63) is 39.8 Å². The lowest BCUT2D eigenvalue weighted by atomic mass is 10.1. The van der Waals surface area contributed by atoms with E-state index in [0.717, 1.165) is 6.20 Å². The Balaban J connectivity index is 2.31. The van der Waals surface area contributed by atoms with Crippen molar-refractivity contribution in [2.45, 2.75) is 12.2 Å². The first kappa shape index (κ1) is 15.6. The third-order valence-corrected chi connectivity index (χ3v) is 3.96. The fourth-order valence-corrected chi connectivity index (χ4v) is 2.58. The quantitative estimate of drug-likeness (QED) is 0.940. The van der Waals surface area contributed by atoms with Gasteiger partial charge in [0.15, 0.2) is 16.5 Å². The van der Waals surface area contributed by atoms with Crippen LogP contribution in [0.2, 0.25) is 0 Å². The average molecular weight is 318 g/mol. The summed E-state index contributed by atoms with van der Waals surface area (Å²) in [4.78, 5) is 3.70. The molecule has 0 fully saturated rings. The Morgan fingerprint density at radius 2 is 1.86 bits per heavy atom. The van der Waals surface area contributed by atoms with Gasteiger partial charge in [0.05, 0.1) is 20.3 Å². The maximum Gasteiger partial charge on any atom is 0.443 e. The maximum absolute atomic E-state index is 12.6. The van der Waals surface area contributed by atoms with Gasteiger partial charge in [0.1, 0.15) is 0 Å². The Labute approximate surface area is 123 Å². The Morgan fingerprint density at radius 3 is 2.38 bits per heavy atom. The van der Waals surface area contributed by atoms with Crippen LogP contribution in [0, 0.1) is 0 Å². The summed E-state index contributed by atoms with van der Waals surface area (Å²) in [7, 11) is 2.97. The number of nitrogens with two attached hydrogens (primary N) is 1. The van der Waals surface area contributed by atoms with Crippen LogP contribution in [0.3, 0.4) is 0 Å². The van der Waals surface area contributed by atoms with Crippen LogP contribution in [0.15, 0.2) is 24.4 Å². The van der Waals surface area contributed by atoms with E-state index < -0.39 is 17.2 Å².